The first-order chi connectivity index (χ1) is 9.93. The maximum atomic E-state index is 12.4. The van der Waals surface area contributed by atoms with Crippen molar-refractivity contribution in [1.82, 2.24) is 0 Å². The fourth-order valence-electron chi connectivity index (χ4n) is 1.67. The van der Waals surface area contributed by atoms with E-state index in [2.05, 4.69) is 5.32 Å². The summed E-state index contributed by atoms with van der Waals surface area (Å²) in [6.07, 6.45) is 0. The van der Waals surface area contributed by atoms with Gasteiger partial charge < -0.3 is 5.32 Å². The van der Waals surface area contributed by atoms with Crippen LogP contribution in [0.15, 0.2) is 53.4 Å². The first-order valence-electron chi connectivity index (χ1n) is 5.97. The number of anilines is 2. The van der Waals surface area contributed by atoms with Crippen molar-refractivity contribution < 1.29 is 17.2 Å². The zero-order valence-corrected chi connectivity index (χ0v) is 12.3. The van der Waals surface area contributed by atoms with Gasteiger partial charge in [0.25, 0.3) is 0 Å². The molecule has 0 aliphatic rings. The molecule has 1 N–H and O–H groups in total. The van der Waals surface area contributed by atoms with Gasteiger partial charge in [-0.2, -0.15) is 8.78 Å². The number of hydrogen-bond acceptors (Lipinski definition) is 3. The molecular weight excluding hydrogens is 320 g/mol. The Morgan fingerprint density at radius 3 is 1.86 bits per heavy atom. The number of benzene rings is 2. The van der Waals surface area contributed by atoms with Gasteiger partial charge in [0.1, 0.15) is 0 Å². The van der Waals surface area contributed by atoms with E-state index in [0.717, 1.165) is 23.4 Å². The third kappa shape index (κ3) is 3.71. The monoisotopic (exact) mass is 331 g/mol. The van der Waals surface area contributed by atoms with Crippen LogP contribution in [0.2, 0.25) is 0 Å². The quantitative estimate of drug-likeness (QED) is 0.837. The van der Waals surface area contributed by atoms with Crippen LogP contribution in [0.1, 0.15) is 5.56 Å². The maximum absolute atomic E-state index is 12.4. The van der Waals surface area contributed by atoms with Crippen molar-refractivity contribution in [1.29, 1.82) is 0 Å². The molecule has 0 bridgehead atoms. The summed E-state index contributed by atoms with van der Waals surface area (Å²) in [5, 5.41) is 3.04. The Hall–Kier alpha value is -1.66. The molecule has 0 saturated heterocycles. The van der Waals surface area contributed by atoms with E-state index in [0.29, 0.717) is 11.6 Å². The average molecular weight is 332 g/mol. The molecule has 0 aromatic heterocycles. The summed E-state index contributed by atoms with van der Waals surface area (Å²) < 4.78 is 47.4. The van der Waals surface area contributed by atoms with Crippen LogP contribution in [-0.4, -0.2) is 14.2 Å². The highest BCUT2D eigenvalue weighted by Gasteiger charge is 2.26. The van der Waals surface area contributed by atoms with Crippen molar-refractivity contribution >= 4 is 32.8 Å². The van der Waals surface area contributed by atoms with E-state index in [1.807, 2.05) is 24.3 Å². The fourth-order valence-corrected chi connectivity index (χ4v) is 2.57. The van der Waals surface area contributed by atoms with Gasteiger partial charge in [-0.1, -0.05) is 12.1 Å². The van der Waals surface area contributed by atoms with Crippen LogP contribution in [0.4, 0.5) is 20.2 Å². The second-order valence-electron chi connectivity index (χ2n) is 4.29. The van der Waals surface area contributed by atoms with E-state index in [1.165, 1.54) is 12.1 Å². The fraction of sp³-hybridized carbons (Fsp3) is 0.143. The van der Waals surface area contributed by atoms with E-state index in [9.17, 15) is 17.2 Å². The average Bonchev–Trinajstić information content (AvgIpc) is 2.48. The molecule has 2 aromatic carbocycles. The van der Waals surface area contributed by atoms with Crippen molar-refractivity contribution in [3.63, 3.8) is 0 Å². The molecule has 2 rings (SSSR count). The predicted octanol–water partition coefficient (Wildman–Crippen LogP) is 4.17. The highest BCUT2D eigenvalue weighted by molar-refractivity contribution is 7.91. The minimum Gasteiger partial charge on any atom is -0.356 e. The summed E-state index contributed by atoms with van der Waals surface area (Å²) in [7, 11) is -4.55. The van der Waals surface area contributed by atoms with Crippen LogP contribution in [0.25, 0.3) is 0 Å². The molecule has 21 heavy (non-hydrogen) atoms. The van der Waals surface area contributed by atoms with E-state index in [4.69, 9.17) is 11.6 Å². The Morgan fingerprint density at radius 2 is 1.43 bits per heavy atom. The van der Waals surface area contributed by atoms with Crippen LogP contribution in [0.3, 0.4) is 0 Å². The lowest BCUT2D eigenvalue weighted by atomic mass is 10.2. The summed E-state index contributed by atoms with van der Waals surface area (Å²) in [5.41, 5.74) is 2.36. The van der Waals surface area contributed by atoms with Crippen LogP contribution >= 0.6 is 11.6 Å². The zero-order valence-electron chi connectivity index (χ0n) is 10.8. The topological polar surface area (TPSA) is 46.2 Å². The number of hydrogen-bond donors (Lipinski definition) is 1. The number of halogens is 3. The second kappa shape index (κ2) is 6.41. The van der Waals surface area contributed by atoms with Crippen molar-refractivity contribution in [3.8, 4) is 0 Å². The Balaban J connectivity index is 2.15. The van der Waals surface area contributed by atoms with Crippen LogP contribution in [0.5, 0.6) is 0 Å². The Bertz CT molecular complexity index is 701. The number of alkyl halides is 3. The lowest BCUT2D eigenvalue weighted by Gasteiger charge is -2.08. The van der Waals surface area contributed by atoms with Crippen LogP contribution in [0, 0.1) is 0 Å². The number of sulfone groups is 1. The van der Waals surface area contributed by atoms with Crippen molar-refractivity contribution in [2.45, 2.75) is 16.5 Å². The maximum Gasteiger partial charge on any atom is 0.341 e. The second-order valence-corrected chi connectivity index (χ2v) is 6.47. The Morgan fingerprint density at radius 1 is 0.952 bits per heavy atom. The van der Waals surface area contributed by atoms with Crippen LogP contribution in [-0.2, 0) is 15.7 Å². The van der Waals surface area contributed by atoms with Gasteiger partial charge in [0.2, 0.25) is 9.84 Å². The smallest absolute Gasteiger partial charge is 0.341 e. The molecule has 0 aliphatic heterocycles. The highest BCUT2D eigenvalue weighted by atomic mass is 35.5. The Labute approximate surface area is 126 Å². The first kappa shape index (κ1) is 15.7. The molecule has 0 fully saturated rings. The van der Waals surface area contributed by atoms with E-state index in [1.54, 1.807) is 0 Å². The SMILES string of the molecule is O=S(=O)(c1ccc(Nc2ccc(CCl)cc2)cc1)C(F)F. The molecule has 2 aromatic rings. The lowest BCUT2D eigenvalue weighted by Crippen LogP contribution is -2.11. The van der Waals surface area contributed by atoms with Gasteiger partial charge in [-0.15, -0.1) is 11.6 Å². The van der Waals surface area contributed by atoms with Crippen LogP contribution < -0.4 is 5.32 Å². The predicted molar refractivity (Wildman–Crippen MR) is 78.9 cm³/mol. The lowest BCUT2D eigenvalue weighted by molar-refractivity contribution is 0.234. The molecule has 0 radical (unpaired) electrons. The normalized spacial score (nSPS) is 11.6. The third-order valence-corrected chi connectivity index (χ3v) is 4.52. The van der Waals surface area contributed by atoms with Gasteiger partial charge in [0, 0.05) is 17.3 Å². The highest BCUT2D eigenvalue weighted by Crippen LogP contribution is 2.22. The van der Waals surface area contributed by atoms with E-state index < -0.39 is 20.5 Å². The van der Waals surface area contributed by atoms with Gasteiger partial charge in [0.05, 0.1) is 4.90 Å². The molecule has 0 atom stereocenters. The Kier molecular flexibility index (Phi) is 4.80. The molecule has 112 valence electrons. The molecule has 0 aliphatic carbocycles. The van der Waals surface area contributed by atoms with E-state index in [-0.39, 0.29) is 0 Å². The summed E-state index contributed by atoms with van der Waals surface area (Å²) in [6, 6.07) is 12.5. The van der Waals surface area contributed by atoms with E-state index >= 15 is 0 Å². The molecule has 3 nitrogen and oxygen atoms in total. The summed E-state index contributed by atoms with van der Waals surface area (Å²) in [6.45, 7) is 0. The third-order valence-electron chi connectivity index (χ3n) is 2.81. The summed E-state index contributed by atoms with van der Waals surface area (Å²) in [5.74, 6) is -3.00. The van der Waals surface area contributed by atoms with Gasteiger partial charge in [-0.25, -0.2) is 8.42 Å². The molecular formula is C14H12ClF2NO2S. The largest absolute Gasteiger partial charge is 0.356 e. The van der Waals surface area contributed by atoms with Gasteiger partial charge in [-0.3, -0.25) is 0 Å². The zero-order chi connectivity index (χ0) is 15.5. The minimum atomic E-state index is -4.55. The summed E-state index contributed by atoms with van der Waals surface area (Å²) in [4.78, 5) is -0.402. The number of rotatable bonds is 5. The molecule has 0 amide bonds. The standard InChI is InChI=1S/C14H12ClF2NO2S/c15-9-10-1-3-11(4-2-10)18-12-5-7-13(8-6-12)21(19,20)14(16)17/h1-8,14,18H,9H2. The minimum absolute atomic E-state index is 0.402. The molecule has 0 spiro atoms. The molecule has 0 unspecified atom stereocenters. The first-order valence-corrected chi connectivity index (χ1v) is 8.05. The summed E-state index contributed by atoms with van der Waals surface area (Å²) >= 11 is 5.69. The molecule has 0 saturated carbocycles. The molecule has 0 heterocycles. The van der Waals surface area contributed by atoms with Crippen molar-refractivity contribution in [2.24, 2.45) is 0 Å². The van der Waals surface area contributed by atoms with Crippen molar-refractivity contribution in [3.05, 3.63) is 54.1 Å². The van der Waals surface area contributed by atoms with Gasteiger partial charge in [-0.05, 0) is 42.0 Å². The molecule has 7 heteroatoms. The van der Waals surface area contributed by atoms with Gasteiger partial charge in [0.15, 0.2) is 0 Å². The van der Waals surface area contributed by atoms with Gasteiger partial charge >= 0.3 is 5.76 Å². The number of nitrogens with one attached hydrogen (secondary N) is 1. The van der Waals surface area contributed by atoms with Crippen molar-refractivity contribution in [2.75, 3.05) is 5.32 Å².